The van der Waals surface area contributed by atoms with Crippen LogP contribution in [0.2, 0.25) is 0 Å². The Labute approximate surface area is 122 Å². The third-order valence-electron chi connectivity index (χ3n) is 4.02. The Morgan fingerprint density at radius 3 is 2.65 bits per heavy atom. The fourth-order valence-electron chi connectivity index (χ4n) is 2.80. The fraction of sp³-hybridized carbons (Fsp3) is 0.867. The first-order valence-electron chi connectivity index (χ1n) is 7.97. The molecule has 0 aliphatic carbocycles. The van der Waals surface area contributed by atoms with Gasteiger partial charge in [0.05, 0.1) is 6.04 Å². The van der Waals surface area contributed by atoms with E-state index in [0.29, 0.717) is 6.42 Å². The summed E-state index contributed by atoms with van der Waals surface area (Å²) in [5.41, 5.74) is 5.69. The van der Waals surface area contributed by atoms with Crippen molar-refractivity contribution >= 4 is 11.7 Å². The Balaban J connectivity index is 2.32. The van der Waals surface area contributed by atoms with Crippen LogP contribution in [0.15, 0.2) is 5.16 Å². The summed E-state index contributed by atoms with van der Waals surface area (Å²) in [5.74, 6) is 0.317. The molecular weight excluding hydrogens is 254 g/mol. The van der Waals surface area contributed by atoms with Gasteiger partial charge in [0.2, 0.25) is 5.91 Å². The summed E-state index contributed by atoms with van der Waals surface area (Å²) in [7, 11) is 0. The van der Waals surface area contributed by atoms with Gasteiger partial charge in [0.15, 0.2) is 5.84 Å². The maximum Gasteiger partial charge on any atom is 0.223 e. The number of oxime groups is 1. The summed E-state index contributed by atoms with van der Waals surface area (Å²) in [6.45, 7) is 2.93. The van der Waals surface area contributed by atoms with E-state index in [4.69, 9.17) is 10.9 Å². The van der Waals surface area contributed by atoms with Gasteiger partial charge in [-0.15, -0.1) is 0 Å². The highest BCUT2D eigenvalue weighted by Gasteiger charge is 2.29. The van der Waals surface area contributed by atoms with E-state index in [2.05, 4.69) is 12.1 Å². The molecule has 1 aliphatic heterocycles. The zero-order valence-electron chi connectivity index (χ0n) is 12.7. The van der Waals surface area contributed by atoms with Crippen LogP contribution in [0.1, 0.15) is 71.1 Å². The fourth-order valence-corrected chi connectivity index (χ4v) is 2.80. The Morgan fingerprint density at radius 1 is 1.25 bits per heavy atom. The molecule has 1 aliphatic rings. The number of piperidine rings is 1. The van der Waals surface area contributed by atoms with Gasteiger partial charge < -0.3 is 15.8 Å². The molecule has 1 heterocycles. The van der Waals surface area contributed by atoms with E-state index in [9.17, 15) is 4.79 Å². The van der Waals surface area contributed by atoms with E-state index in [1.165, 1.54) is 25.7 Å². The van der Waals surface area contributed by atoms with Gasteiger partial charge in [0.1, 0.15) is 0 Å². The Hall–Kier alpha value is -1.26. The molecule has 1 unspecified atom stereocenters. The second kappa shape index (κ2) is 9.61. The number of carbonyl (C=O) groups excluding carboxylic acids is 1. The molecule has 0 radical (unpaired) electrons. The third kappa shape index (κ3) is 5.39. The van der Waals surface area contributed by atoms with E-state index in [1.54, 1.807) is 4.90 Å². The maximum absolute atomic E-state index is 12.3. The van der Waals surface area contributed by atoms with Crippen molar-refractivity contribution in [2.75, 3.05) is 6.54 Å². The molecule has 0 aromatic carbocycles. The van der Waals surface area contributed by atoms with Crippen LogP contribution in [0.25, 0.3) is 0 Å². The van der Waals surface area contributed by atoms with Crippen LogP contribution in [0.5, 0.6) is 0 Å². The SMILES string of the molecule is CCCCCCCCC(=O)N1CCCCC1C(N)=NO. The smallest absolute Gasteiger partial charge is 0.223 e. The topological polar surface area (TPSA) is 78.9 Å². The van der Waals surface area contributed by atoms with Crippen molar-refractivity contribution < 1.29 is 10.0 Å². The van der Waals surface area contributed by atoms with Gasteiger partial charge in [-0.3, -0.25) is 4.79 Å². The average molecular weight is 283 g/mol. The van der Waals surface area contributed by atoms with Crippen molar-refractivity contribution in [2.45, 2.75) is 77.2 Å². The second-order valence-electron chi connectivity index (χ2n) is 5.64. The second-order valence-corrected chi connectivity index (χ2v) is 5.64. The van der Waals surface area contributed by atoms with Crippen molar-refractivity contribution in [3.63, 3.8) is 0 Å². The lowest BCUT2D eigenvalue weighted by molar-refractivity contribution is -0.133. The highest BCUT2D eigenvalue weighted by Crippen LogP contribution is 2.19. The monoisotopic (exact) mass is 283 g/mol. The van der Waals surface area contributed by atoms with Gasteiger partial charge in [0, 0.05) is 13.0 Å². The van der Waals surface area contributed by atoms with Crippen LogP contribution in [-0.2, 0) is 4.79 Å². The first kappa shape index (κ1) is 16.8. The van der Waals surface area contributed by atoms with Crippen LogP contribution >= 0.6 is 0 Å². The molecule has 0 aromatic rings. The van der Waals surface area contributed by atoms with Crippen molar-refractivity contribution in [1.29, 1.82) is 0 Å². The van der Waals surface area contributed by atoms with E-state index < -0.39 is 0 Å². The normalized spacial score (nSPS) is 20.1. The number of rotatable bonds is 8. The molecule has 20 heavy (non-hydrogen) atoms. The predicted molar refractivity (Wildman–Crippen MR) is 80.8 cm³/mol. The van der Waals surface area contributed by atoms with Gasteiger partial charge in [-0.05, 0) is 25.7 Å². The first-order chi connectivity index (χ1) is 9.70. The molecule has 3 N–H and O–H groups in total. The highest BCUT2D eigenvalue weighted by atomic mass is 16.4. The number of amidine groups is 1. The number of nitrogens with two attached hydrogens (primary N) is 1. The summed E-state index contributed by atoms with van der Waals surface area (Å²) < 4.78 is 0. The van der Waals surface area contributed by atoms with Gasteiger partial charge in [-0.2, -0.15) is 0 Å². The molecule has 1 rings (SSSR count). The maximum atomic E-state index is 12.3. The standard InChI is InChI=1S/C15H29N3O2/c1-2-3-4-5-6-7-11-14(19)18-12-9-8-10-13(18)15(16)17-20/h13,20H,2-12H2,1H3,(H2,16,17). The van der Waals surface area contributed by atoms with Gasteiger partial charge >= 0.3 is 0 Å². The molecule has 5 nitrogen and oxygen atoms in total. The van der Waals surface area contributed by atoms with Crippen molar-refractivity contribution in [3.8, 4) is 0 Å². The number of amides is 1. The summed E-state index contributed by atoms with van der Waals surface area (Å²) in [4.78, 5) is 14.0. The minimum atomic E-state index is -0.207. The molecule has 0 bridgehead atoms. The van der Waals surface area contributed by atoms with Crippen LogP contribution in [0.3, 0.4) is 0 Å². The molecule has 1 saturated heterocycles. The van der Waals surface area contributed by atoms with Gasteiger partial charge in [0.25, 0.3) is 0 Å². The zero-order valence-corrected chi connectivity index (χ0v) is 12.7. The molecule has 0 saturated carbocycles. The largest absolute Gasteiger partial charge is 0.409 e. The molecule has 1 atom stereocenters. The molecule has 1 amide bonds. The molecular formula is C15H29N3O2. The number of carbonyl (C=O) groups is 1. The first-order valence-corrected chi connectivity index (χ1v) is 7.97. The lowest BCUT2D eigenvalue weighted by Gasteiger charge is -2.34. The minimum absolute atomic E-state index is 0.150. The van der Waals surface area contributed by atoms with Gasteiger partial charge in [-0.1, -0.05) is 44.2 Å². The molecule has 1 fully saturated rings. The predicted octanol–water partition coefficient (Wildman–Crippen LogP) is 2.86. The quantitative estimate of drug-likeness (QED) is 0.236. The minimum Gasteiger partial charge on any atom is -0.409 e. The van der Waals surface area contributed by atoms with Crippen LogP contribution in [0.4, 0.5) is 0 Å². The molecule has 0 spiro atoms. The van der Waals surface area contributed by atoms with Crippen molar-refractivity contribution in [2.24, 2.45) is 10.9 Å². The van der Waals surface area contributed by atoms with Crippen molar-refractivity contribution in [3.05, 3.63) is 0 Å². The third-order valence-corrected chi connectivity index (χ3v) is 4.02. The van der Waals surface area contributed by atoms with Crippen LogP contribution in [-0.4, -0.2) is 34.4 Å². The molecule has 5 heteroatoms. The van der Waals surface area contributed by atoms with Crippen LogP contribution < -0.4 is 5.73 Å². The van der Waals surface area contributed by atoms with E-state index in [0.717, 1.165) is 38.6 Å². The number of hydrogen-bond acceptors (Lipinski definition) is 3. The summed E-state index contributed by atoms with van der Waals surface area (Å²) in [6.07, 6.45) is 10.5. The van der Waals surface area contributed by atoms with Crippen LogP contribution in [0, 0.1) is 0 Å². The lowest BCUT2D eigenvalue weighted by Crippen LogP contribution is -2.50. The Morgan fingerprint density at radius 2 is 1.95 bits per heavy atom. The highest BCUT2D eigenvalue weighted by molar-refractivity contribution is 5.90. The Bertz CT molecular complexity index is 318. The number of unbranched alkanes of at least 4 members (excludes halogenated alkanes) is 5. The van der Waals surface area contributed by atoms with E-state index >= 15 is 0 Å². The Kier molecular flexibility index (Phi) is 8.07. The lowest BCUT2D eigenvalue weighted by atomic mass is 10.00. The number of nitrogens with zero attached hydrogens (tertiary/aromatic N) is 2. The number of hydrogen-bond donors (Lipinski definition) is 2. The summed E-state index contributed by atoms with van der Waals surface area (Å²) in [5, 5.41) is 11.9. The summed E-state index contributed by atoms with van der Waals surface area (Å²) >= 11 is 0. The number of likely N-dealkylation sites (tertiary alicyclic amines) is 1. The zero-order chi connectivity index (χ0) is 14.8. The van der Waals surface area contributed by atoms with E-state index in [1.807, 2.05) is 0 Å². The molecule has 116 valence electrons. The average Bonchev–Trinajstić information content (AvgIpc) is 2.49. The molecule has 0 aromatic heterocycles. The van der Waals surface area contributed by atoms with Gasteiger partial charge in [-0.25, -0.2) is 0 Å². The van der Waals surface area contributed by atoms with Crippen molar-refractivity contribution in [1.82, 2.24) is 4.90 Å². The summed E-state index contributed by atoms with van der Waals surface area (Å²) in [6, 6.07) is -0.207. The van der Waals surface area contributed by atoms with E-state index in [-0.39, 0.29) is 17.8 Å².